The zero-order valence-corrected chi connectivity index (χ0v) is 17.5. The number of nitrogens with one attached hydrogen (secondary N) is 2. The Kier molecular flexibility index (Phi) is 5.82. The van der Waals surface area contributed by atoms with Gasteiger partial charge < -0.3 is 10.2 Å². The van der Waals surface area contributed by atoms with Crippen molar-refractivity contribution in [2.75, 3.05) is 16.8 Å². The summed E-state index contributed by atoms with van der Waals surface area (Å²) in [5, 5.41) is 4.95. The van der Waals surface area contributed by atoms with Gasteiger partial charge in [-0.05, 0) is 44.0 Å². The molecule has 1 aliphatic heterocycles. The molecule has 0 bridgehead atoms. The van der Waals surface area contributed by atoms with Crippen LogP contribution in [0.2, 0.25) is 0 Å². The number of hydrogen-bond donors (Lipinski definition) is 2. The maximum absolute atomic E-state index is 12.5. The number of fused-ring (bicyclic) bond motifs is 1. The number of sulfonamides is 1. The third-order valence-electron chi connectivity index (χ3n) is 4.43. The average Bonchev–Trinajstić information content (AvgIpc) is 3.15. The highest BCUT2D eigenvalue weighted by atomic mass is 32.2. The van der Waals surface area contributed by atoms with Crippen molar-refractivity contribution < 1.29 is 18.0 Å². The van der Waals surface area contributed by atoms with E-state index >= 15 is 0 Å². The number of carbonyl (C=O) groups is 2. The molecule has 0 unspecified atom stereocenters. The molecule has 0 saturated heterocycles. The summed E-state index contributed by atoms with van der Waals surface area (Å²) < 4.78 is 27.5. The Labute approximate surface area is 168 Å². The molecule has 0 radical (unpaired) electrons. The first kappa shape index (κ1) is 20.4. The van der Waals surface area contributed by atoms with E-state index in [1.165, 1.54) is 24.3 Å². The molecule has 0 saturated carbocycles. The van der Waals surface area contributed by atoms with Gasteiger partial charge in [-0.15, -0.1) is 11.3 Å². The standard InChI is InChI=1S/C18H22N4O4S2/c1-11-10-27-18(20-11)21-17(24)6-7-19-28(25,26)15-4-5-16-14(9-15)8-12(2)22(16)13(3)23/h4-5,9-10,12,19H,6-8H2,1-3H3,(H,20,21,24)/t12-/m0/s1. The van der Waals surface area contributed by atoms with Crippen molar-refractivity contribution in [3.8, 4) is 0 Å². The quantitative estimate of drug-likeness (QED) is 0.741. The average molecular weight is 423 g/mol. The van der Waals surface area contributed by atoms with Crippen LogP contribution in [-0.4, -0.2) is 37.8 Å². The fourth-order valence-corrected chi connectivity index (χ4v) is 5.02. The fraction of sp³-hybridized carbons (Fsp3) is 0.389. The zero-order valence-electron chi connectivity index (χ0n) is 15.9. The highest BCUT2D eigenvalue weighted by Gasteiger charge is 2.30. The maximum Gasteiger partial charge on any atom is 0.240 e. The van der Waals surface area contributed by atoms with Crippen LogP contribution in [0.1, 0.15) is 31.5 Å². The van der Waals surface area contributed by atoms with Crippen molar-refractivity contribution in [1.29, 1.82) is 0 Å². The molecule has 1 aromatic heterocycles. The Balaban J connectivity index is 1.61. The van der Waals surface area contributed by atoms with Gasteiger partial charge in [-0.2, -0.15) is 0 Å². The minimum atomic E-state index is -3.75. The Morgan fingerprint density at radius 3 is 2.75 bits per heavy atom. The smallest absolute Gasteiger partial charge is 0.240 e. The summed E-state index contributed by atoms with van der Waals surface area (Å²) in [5.41, 5.74) is 2.38. The lowest BCUT2D eigenvalue weighted by Gasteiger charge is -2.20. The van der Waals surface area contributed by atoms with Crippen molar-refractivity contribution in [2.45, 2.75) is 44.6 Å². The third kappa shape index (κ3) is 4.40. The van der Waals surface area contributed by atoms with Crippen LogP contribution in [0.15, 0.2) is 28.5 Å². The van der Waals surface area contributed by atoms with Crippen LogP contribution in [0.3, 0.4) is 0 Å². The van der Waals surface area contributed by atoms with Gasteiger partial charge in [0.2, 0.25) is 21.8 Å². The van der Waals surface area contributed by atoms with E-state index in [4.69, 9.17) is 0 Å². The molecule has 3 rings (SSSR count). The van der Waals surface area contributed by atoms with Crippen molar-refractivity contribution in [1.82, 2.24) is 9.71 Å². The van der Waals surface area contributed by atoms with Crippen LogP contribution in [-0.2, 0) is 26.0 Å². The number of aromatic nitrogens is 1. The summed E-state index contributed by atoms with van der Waals surface area (Å²) in [4.78, 5) is 29.6. The van der Waals surface area contributed by atoms with Crippen LogP contribution >= 0.6 is 11.3 Å². The van der Waals surface area contributed by atoms with Crippen LogP contribution in [0, 0.1) is 6.92 Å². The molecule has 0 fully saturated rings. The molecule has 1 aromatic carbocycles. The summed E-state index contributed by atoms with van der Waals surface area (Å²) in [7, 11) is -3.75. The number of anilines is 2. The number of amides is 2. The molecule has 1 atom stereocenters. The summed E-state index contributed by atoms with van der Waals surface area (Å²) in [6.07, 6.45) is 0.603. The second-order valence-electron chi connectivity index (χ2n) is 6.72. The number of aryl methyl sites for hydroxylation is 1. The van der Waals surface area contributed by atoms with Crippen molar-refractivity contribution in [3.05, 3.63) is 34.8 Å². The number of rotatable bonds is 6. The second kappa shape index (κ2) is 7.98. The highest BCUT2D eigenvalue weighted by Crippen LogP contribution is 2.33. The number of carbonyl (C=O) groups excluding carboxylic acids is 2. The third-order valence-corrected chi connectivity index (χ3v) is 6.76. The molecule has 0 spiro atoms. The van der Waals surface area contributed by atoms with Gasteiger partial charge in [0.15, 0.2) is 5.13 Å². The normalized spacial score (nSPS) is 16.1. The molecule has 2 amide bonds. The number of hydrogen-bond acceptors (Lipinski definition) is 6. The van der Waals surface area contributed by atoms with Crippen LogP contribution in [0.4, 0.5) is 10.8 Å². The molecular weight excluding hydrogens is 400 g/mol. The first-order valence-electron chi connectivity index (χ1n) is 8.82. The summed E-state index contributed by atoms with van der Waals surface area (Å²) in [6, 6.07) is 4.73. The van der Waals surface area contributed by atoms with Gasteiger partial charge in [0.1, 0.15) is 0 Å². The molecule has 2 N–H and O–H groups in total. The van der Waals surface area contributed by atoms with E-state index in [9.17, 15) is 18.0 Å². The Morgan fingerprint density at radius 1 is 1.36 bits per heavy atom. The minimum absolute atomic E-state index is 0.00204. The predicted molar refractivity (Wildman–Crippen MR) is 108 cm³/mol. The SMILES string of the molecule is CC(=O)N1c2ccc(S(=O)(=O)NCCC(=O)Nc3nc(C)cs3)cc2C[C@@H]1C. The van der Waals surface area contributed by atoms with Gasteiger partial charge in [-0.3, -0.25) is 9.59 Å². The van der Waals surface area contributed by atoms with E-state index in [2.05, 4.69) is 15.0 Å². The Bertz CT molecular complexity index is 1020. The molecule has 150 valence electrons. The monoisotopic (exact) mass is 422 g/mol. The maximum atomic E-state index is 12.5. The first-order valence-corrected chi connectivity index (χ1v) is 11.2. The van der Waals surface area contributed by atoms with Crippen molar-refractivity contribution in [2.24, 2.45) is 0 Å². The topological polar surface area (TPSA) is 108 Å². The molecule has 2 aromatic rings. The van der Waals surface area contributed by atoms with E-state index in [-0.39, 0.29) is 35.7 Å². The van der Waals surface area contributed by atoms with Crippen LogP contribution in [0.25, 0.3) is 0 Å². The lowest BCUT2D eigenvalue weighted by molar-refractivity contribution is -0.117. The lowest BCUT2D eigenvalue weighted by atomic mass is 10.1. The van der Waals surface area contributed by atoms with E-state index in [0.717, 1.165) is 16.9 Å². The molecule has 1 aliphatic rings. The van der Waals surface area contributed by atoms with Gasteiger partial charge in [-0.1, -0.05) is 0 Å². The van der Waals surface area contributed by atoms with E-state index < -0.39 is 10.0 Å². The van der Waals surface area contributed by atoms with Gasteiger partial charge in [0.25, 0.3) is 0 Å². The fourth-order valence-electron chi connectivity index (χ4n) is 3.23. The summed E-state index contributed by atoms with van der Waals surface area (Å²) >= 11 is 1.32. The molecule has 8 nitrogen and oxygen atoms in total. The predicted octanol–water partition coefficient (Wildman–Crippen LogP) is 2.06. The second-order valence-corrected chi connectivity index (χ2v) is 9.35. The Hall–Kier alpha value is -2.30. The van der Waals surface area contributed by atoms with Gasteiger partial charge >= 0.3 is 0 Å². The van der Waals surface area contributed by atoms with Gasteiger partial charge in [0.05, 0.1) is 10.6 Å². The largest absolute Gasteiger partial charge is 0.309 e. The van der Waals surface area contributed by atoms with E-state index in [1.807, 2.05) is 19.2 Å². The number of benzene rings is 1. The van der Waals surface area contributed by atoms with Crippen LogP contribution < -0.4 is 14.9 Å². The van der Waals surface area contributed by atoms with E-state index in [1.54, 1.807) is 17.0 Å². The van der Waals surface area contributed by atoms with Gasteiger partial charge in [0, 0.05) is 37.0 Å². The highest BCUT2D eigenvalue weighted by molar-refractivity contribution is 7.89. The van der Waals surface area contributed by atoms with E-state index in [0.29, 0.717) is 11.6 Å². The summed E-state index contributed by atoms with van der Waals surface area (Å²) in [5.74, 6) is -0.377. The van der Waals surface area contributed by atoms with Crippen LogP contribution in [0.5, 0.6) is 0 Å². The zero-order chi connectivity index (χ0) is 20.5. The van der Waals surface area contributed by atoms with Crippen molar-refractivity contribution >= 4 is 44.0 Å². The molecule has 0 aliphatic carbocycles. The molecule has 28 heavy (non-hydrogen) atoms. The molecule has 2 heterocycles. The number of thiazole rings is 1. The van der Waals surface area contributed by atoms with Gasteiger partial charge in [-0.25, -0.2) is 18.1 Å². The number of nitrogens with zero attached hydrogens (tertiary/aromatic N) is 2. The Morgan fingerprint density at radius 2 is 2.11 bits per heavy atom. The lowest BCUT2D eigenvalue weighted by Crippen LogP contribution is -2.33. The molecule has 10 heteroatoms. The minimum Gasteiger partial charge on any atom is -0.309 e. The molecular formula is C18H22N4O4S2. The summed E-state index contributed by atoms with van der Waals surface area (Å²) in [6.45, 7) is 5.23. The first-order chi connectivity index (χ1) is 13.2. The van der Waals surface area contributed by atoms with Crippen molar-refractivity contribution in [3.63, 3.8) is 0 Å².